The third kappa shape index (κ3) is 1.90. The fourth-order valence-corrected chi connectivity index (χ4v) is 2.11. The summed E-state index contributed by atoms with van der Waals surface area (Å²) < 4.78 is 10.1. The highest BCUT2D eigenvalue weighted by atomic mass is 16.5. The van der Waals surface area contributed by atoms with Crippen molar-refractivity contribution in [3.63, 3.8) is 0 Å². The van der Waals surface area contributed by atoms with Crippen LogP contribution in [0.2, 0.25) is 0 Å². The molecule has 15 heavy (non-hydrogen) atoms. The Bertz CT molecular complexity index is 326. The molecule has 0 bridgehead atoms. The molecule has 0 spiro atoms. The molecule has 4 nitrogen and oxygen atoms in total. The van der Waals surface area contributed by atoms with Crippen molar-refractivity contribution in [2.45, 2.75) is 24.8 Å². The third-order valence-electron chi connectivity index (χ3n) is 2.88. The fraction of sp³-hybridized carbons (Fsp3) is 0.545. The van der Waals surface area contributed by atoms with Crippen LogP contribution in [0.1, 0.15) is 18.6 Å². The van der Waals surface area contributed by atoms with Crippen molar-refractivity contribution in [1.82, 2.24) is 5.32 Å². The molecule has 0 aromatic carbocycles. The first-order chi connectivity index (χ1) is 7.27. The minimum atomic E-state index is -0.577. The predicted octanol–water partition coefficient (Wildman–Crippen LogP) is 1.12. The molecule has 1 fully saturated rings. The van der Waals surface area contributed by atoms with Crippen LogP contribution in [-0.2, 0) is 16.0 Å². The van der Waals surface area contributed by atoms with Crippen molar-refractivity contribution in [1.29, 1.82) is 0 Å². The molecule has 1 atom stereocenters. The van der Waals surface area contributed by atoms with Gasteiger partial charge in [0.15, 0.2) is 0 Å². The molecule has 2 heterocycles. The van der Waals surface area contributed by atoms with Crippen molar-refractivity contribution in [3.8, 4) is 0 Å². The molecule has 4 heteroatoms. The predicted molar refractivity (Wildman–Crippen MR) is 54.4 cm³/mol. The third-order valence-corrected chi connectivity index (χ3v) is 2.88. The molecule has 2 rings (SSSR count). The molecule has 82 valence electrons. The summed E-state index contributed by atoms with van der Waals surface area (Å²) >= 11 is 0. The number of hydrogen-bond acceptors (Lipinski definition) is 4. The lowest BCUT2D eigenvalue weighted by atomic mass is 9.92. The number of ether oxygens (including phenoxy) is 1. The Hall–Kier alpha value is -1.29. The molecule has 1 N–H and O–H groups in total. The van der Waals surface area contributed by atoms with E-state index < -0.39 is 5.54 Å². The summed E-state index contributed by atoms with van der Waals surface area (Å²) in [6, 6.07) is 3.71. The van der Waals surface area contributed by atoms with Gasteiger partial charge in [-0.1, -0.05) is 0 Å². The summed E-state index contributed by atoms with van der Waals surface area (Å²) in [4.78, 5) is 11.7. The minimum absolute atomic E-state index is 0.198. The highest BCUT2D eigenvalue weighted by Crippen LogP contribution is 2.25. The number of nitrogens with one attached hydrogen (secondary N) is 1. The summed E-state index contributed by atoms with van der Waals surface area (Å²) in [5.41, 5.74) is -0.577. The quantitative estimate of drug-likeness (QED) is 0.758. The molecule has 1 aromatic heterocycles. The zero-order chi connectivity index (χ0) is 10.7. The second kappa shape index (κ2) is 4.06. The average molecular weight is 209 g/mol. The summed E-state index contributed by atoms with van der Waals surface area (Å²) in [6.45, 7) is 0.857. The Morgan fingerprint density at radius 1 is 1.73 bits per heavy atom. The second-order valence-electron chi connectivity index (χ2n) is 3.86. The van der Waals surface area contributed by atoms with E-state index in [1.54, 1.807) is 6.26 Å². The van der Waals surface area contributed by atoms with E-state index in [9.17, 15) is 4.79 Å². The topological polar surface area (TPSA) is 51.5 Å². The van der Waals surface area contributed by atoms with E-state index in [1.807, 2.05) is 12.1 Å². The van der Waals surface area contributed by atoms with Crippen LogP contribution < -0.4 is 5.32 Å². The second-order valence-corrected chi connectivity index (χ2v) is 3.86. The fourth-order valence-electron chi connectivity index (χ4n) is 2.11. The molecular weight excluding hydrogens is 194 g/mol. The van der Waals surface area contributed by atoms with Gasteiger partial charge in [0.1, 0.15) is 11.3 Å². The van der Waals surface area contributed by atoms with Crippen LogP contribution >= 0.6 is 0 Å². The van der Waals surface area contributed by atoms with Crippen molar-refractivity contribution in [3.05, 3.63) is 24.2 Å². The molecular formula is C11H15NO3. The minimum Gasteiger partial charge on any atom is -0.469 e. The van der Waals surface area contributed by atoms with Crippen molar-refractivity contribution in [2.75, 3.05) is 13.7 Å². The van der Waals surface area contributed by atoms with E-state index in [-0.39, 0.29) is 5.97 Å². The van der Waals surface area contributed by atoms with Crippen LogP contribution in [0.25, 0.3) is 0 Å². The van der Waals surface area contributed by atoms with E-state index in [0.29, 0.717) is 6.42 Å². The van der Waals surface area contributed by atoms with Crippen molar-refractivity contribution < 1.29 is 13.9 Å². The monoisotopic (exact) mass is 209 g/mol. The Labute approximate surface area is 88.6 Å². The van der Waals surface area contributed by atoms with E-state index in [0.717, 1.165) is 25.1 Å². The molecule has 1 saturated heterocycles. The number of methoxy groups -OCH3 is 1. The summed E-state index contributed by atoms with van der Waals surface area (Å²) in [7, 11) is 1.42. The Kier molecular flexibility index (Phi) is 2.77. The lowest BCUT2D eigenvalue weighted by Crippen LogP contribution is -2.50. The van der Waals surface area contributed by atoms with Gasteiger partial charge in [0.2, 0.25) is 0 Å². The van der Waals surface area contributed by atoms with Crippen molar-refractivity contribution >= 4 is 5.97 Å². The van der Waals surface area contributed by atoms with E-state index in [4.69, 9.17) is 9.15 Å². The number of rotatable bonds is 3. The van der Waals surface area contributed by atoms with Gasteiger partial charge in [-0.15, -0.1) is 0 Å². The van der Waals surface area contributed by atoms with Gasteiger partial charge >= 0.3 is 5.97 Å². The van der Waals surface area contributed by atoms with Crippen LogP contribution in [0.4, 0.5) is 0 Å². The molecule has 0 amide bonds. The number of carbonyl (C=O) groups excluding carboxylic acids is 1. The first kappa shape index (κ1) is 10.2. The highest BCUT2D eigenvalue weighted by molar-refractivity contribution is 5.81. The Morgan fingerprint density at radius 2 is 2.60 bits per heavy atom. The average Bonchev–Trinajstić information content (AvgIpc) is 2.89. The smallest absolute Gasteiger partial charge is 0.326 e. The highest BCUT2D eigenvalue weighted by Gasteiger charge is 2.42. The zero-order valence-electron chi connectivity index (χ0n) is 8.79. The summed E-state index contributed by atoms with van der Waals surface area (Å²) in [5.74, 6) is 0.617. The first-order valence-corrected chi connectivity index (χ1v) is 5.13. The zero-order valence-corrected chi connectivity index (χ0v) is 8.79. The van der Waals surface area contributed by atoms with Gasteiger partial charge in [-0.05, 0) is 31.5 Å². The van der Waals surface area contributed by atoms with Gasteiger partial charge < -0.3 is 14.5 Å². The Morgan fingerprint density at radius 3 is 3.13 bits per heavy atom. The standard InChI is InChI=1S/C11H15NO3/c1-14-10(13)11(5-3-6-12-11)8-9-4-2-7-15-9/h2,4,7,12H,3,5-6,8H2,1H3. The van der Waals surface area contributed by atoms with Crippen molar-refractivity contribution in [2.24, 2.45) is 0 Å². The first-order valence-electron chi connectivity index (χ1n) is 5.13. The van der Waals surface area contributed by atoms with Gasteiger partial charge in [0.05, 0.1) is 13.4 Å². The Balaban J connectivity index is 2.16. The maximum absolute atomic E-state index is 11.7. The maximum Gasteiger partial charge on any atom is 0.326 e. The number of hydrogen-bond donors (Lipinski definition) is 1. The number of carbonyl (C=O) groups is 1. The van der Waals surface area contributed by atoms with E-state index >= 15 is 0 Å². The number of furan rings is 1. The van der Waals surface area contributed by atoms with Crippen LogP contribution in [0.5, 0.6) is 0 Å². The molecule has 1 aromatic rings. The largest absolute Gasteiger partial charge is 0.469 e. The summed E-state index contributed by atoms with van der Waals surface area (Å²) in [5, 5.41) is 3.22. The lowest BCUT2D eigenvalue weighted by Gasteiger charge is -2.25. The van der Waals surface area contributed by atoms with Crippen LogP contribution in [0.15, 0.2) is 22.8 Å². The van der Waals surface area contributed by atoms with Crippen LogP contribution in [-0.4, -0.2) is 25.2 Å². The molecule has 0 aliphatic carbocycles. The van der Waals surface area contributed by atoms with E-state index in [2.05, 4.69) is 5.32 Å². The van der Waals surface area contributed by atoms with Gasteiger partial charge in [-0.3, -0.25) is 4.79 Å². The summed E-state index contributed by atoms with van der Waals surface area (Å²) in [6.07, 6.45) is 3.98. The molecule has 1 unspecified atom stereocenters. The molecule has 0 radical (unpaired) electrons. The molecule has 1 aliphatic rings. The van der Waals surface area contributed by atoms with E-state index in [1.165, 1.54) is 7.11 Å². The maximum atomic E-state index is 11.7. The lowest BCUT2D eigenvalue weighted by molar-refractivity contribution is -0.148. The van der Waals surface area contributed by atoms with Gasteiger partial charge in [0.25, 0.3) is 0 Å². The normalized spacial score (nSPS) is 25.4. The van der Waals surface area contributed by atoms with Gasteiger partial charge in [-0.25, -0.2) is 0 Å². The van der Waals surface area contributed by atoms with Crippen LogP contribution in [0, 0.1) is 0 Å². The van der Waals surface area contributed by atoms with Crippen LogP contribution in [0.3, 0.4) is 0 Å². The molecule has 1 aliphatic heterocycles. The van der Waals surface area contributed by atoms with Gasteiger partial charge in [-0.2, -0.15) is 0 Å². The SMILES string of the molecule is COC(=O)C1(Cc2ccco2)CCCN1. The van der Waals surface area contributed by atoms with Gasteiger partial charge in [0, 0.05) is 6.42 Å². The number of esters is 1. The molecule has 0 saturated carbocycles.